The highest BCUT2D eigenvalue weighted by Gasteiger charge is 2.18. The Kier molecular flexibility index (Phi) is 5.35. The van der Waals surface area contributed by atoms with E-state index in [0.29, 0.717) is 16.9 Å². The summed E-state index contributed by atoms with van der Waals surface area (Å²) >= 11 is 1.43. The molecule has 2 N–H and O–H groups in total. The third-order valence-electron chi connectivity index (χ3n) is 3.92. The molecule has 1 saturated heterocycles. The molecule has 0 saturated carbocycles. The van der Waals surface area contributed by atoms with Crippen LogP contribution < -0.4 is 10.6 Å². The number of amides is 1. The maximum Gasteiger partial charge on any atom is 0.277 e. The molecule has 23 heavy (non-hydrogen) atoms. The first-order valence-electron chi connectivity index (χ1n) is 8.16. The lowest BCUT2D eigenvalue weighted by molar-refractivity contribution is 0.102. The molecular weight excluding hydrogens is 312 g/mol. The SMILES string of the molecule is CCCCc1nnc(NC(=O)c2ccn(C3CCCNC3)n2)s1. The molecule has 1 amide bonds. The molecule has 0 bridgehead atoms. The average Bonchev–Trinajstić information content (AvgIpc) is 3.23. The topological polar surface area (TPSA) is 84.7 Å². The van der Waals surface area contributed by atoms with Gasteiger partial charge in [-0.05, 0) is 31.9 Å². The first kappa shape index (κ1) is 16.1. The van der Waals surface area contributed by atoms with Crippen LogP contribution in [0, 0.1) is 0 Å². The molecule has 1 aliphatic heterocycles. The van der Waals surface area contributed by atoms with Gasteiger partial charge >= 0.3 is 0 Å². The Balaban J connectivity index is 1.59. The smallest absolute Gasteiger partial charge is 0.277 e. The van der Waals surface area contributed by atoms with Crippen LogP contribution in [0.2, 0.25) is 0 Å². The van der Waals surface area contributed by atoms with Crippen LogP contribution in [0.4, 0.5) is 5.13 Å². The largest absolute Gasteiger partial charge is 0.315 e. The summed E-state index contributed by atoms with van der Waals surface area (Å²) in [6.07, 6.45) is 7.22. The highest BCUT2D eigenvalue weighted by molar-refractivity contribution is 7.15. The molecule has 0 radical (unpaired) electrons. The van der Waals surface area contributed by atoms with Crippen molar-refractivity contribution < 1.29 is 4.79 Å². The number of anilines is 1. The zero-order chi connectivity index (χ0) is 16.1. The van der Waals surface area contributed by atoms with E-state index in [1.54, 1.807) is 6.07 Å². The minimum atomic E-state index is -0.231. The van der Waals surface area contributed by atoms with Crippen molar-refractivity contribution in [2.24, 2.45) is 0 Å². The Morgan fingerprint density at radius 2 is 2.43 bits per heavy atom. The van der Waals surface area contributed by atoms with Crippen LogP contribution >= 0.6 is 11.3 Å². The van der Waals surface area contributed by atoms with Crippen LogP contribution in [0.5, 0.6) is 0 Å². The molecule has 0 spiro atoms. The summed E-state index contributed by atoms with van der Waals surface area (Å²) in [5.41, 5.74) is 0.417. The third kappa shape index (κ3) is 4.14. The van der Waals surface area contributed by atoms with Crippen molar-refractivity contribution in [3.63, 3.8) is 0 Å². The molecule has 1 unspecified atom stereocenters. The van der Waals surface area contributed by atoms with Crippen LogP contribution in [0.1, 0.15) is 54.1 Å². The summed E-state index contributed by atoms with van der Waals surface area (Å²) < 4.78 is 1.88. The van der Waals surface area contributed by atoms with Crippen LogP contribution in [0.25, 0.3) is 0 Å². The molecule has 0 aliphatic carbocycles. The minimum Gasteiger partial charge on any atom is -0.315 e. The fourth-order valence-corrected chi connectivity index (χ4v) is 3.39. The Morgan fingerprint density at radius 1 is 1.52 bits per heavy atom. The van der Waals surface area contributed by atoms with Gasteiger partial charge in [0.2, 0.25) is 5.13 Å². The number of piperidine rings is 1. The summed E-state index contributed by atoms with van der Waals surface area (Å²) in [4.78, 5) is 12.3. The van der Waals surface area contributed by atoms with Crippen molar-refractivity contribution in [3.8, 4) is 0 Å². The van der Waals surface area contributed by atoms with Crippen molar-refractivity contribution >= 4 is 22.4 Å². The molecule has 3 heterocycles. The van der Waals surface area contributed by atoms with E-state index in [0.717, 1.165) is 50.2 Å². The summed E-state index contributed by atoms with van der Waals surface area (Å²) in [7, 11) is 0. The van der Waals surface area contributed by atoms with Gasteiger partial charge in [-0.25, -0.2) is 0 Å². The second-order valence-electron chi connectivity index (χ2n) is 5.74. The highest BCUT2D eigenvalue weighted by Crippen LogP contribution is 2.19. The van der Waals surface area contributed by atoms with Crippen LogP contribution in [0.3, 0.4) is 0 Å². The van der Waals surface area contributed by atoms with Gasteiger partial charge in [-0.3, -0.25) is 14.8 Å². The predicted molar refractivity (Wildman–Crippen MR) is 89.8 cm³/mol. The monoisotopic (exact) mass is 334 g/mol. The lowest BCUT2D eigenvalue weighted by atomic mass is 10.1. The van der Waals surface area contributed by atoms with E-state index in [4.69, 9.17) is 0 Å². The molecule has 3 rings (SSSR count). The van der Waals surface area contributed by atoms with E-state index < -0.39 is 0 Å². The van der Waals surface area contributed by atoms with E-state index in [1.165, 1.54) is 11.3 Å². The number of carbonyl (C=O) groups excluding carboxylic acids is 1. The molecule has 0 aromatic carbocycles. The first-order chi connectivity index (χ1) is 11.3. The van der Waals surface area contributed by atoms with Gasteiger partial charge in [-0.2, -0.15) is 5.10 Å². The number of nitrogens with one attached hydrogen (secondary N) is 2. The van der Waals surface area contributed by atoms with Crippen LogP contribution in [0.15, 0.2) is 12.3 Å². The number of rotatable bonds is 6. The molecule has 1 aliphatic rings. The summed E-state index contributed by atoms with van der Waals surface area (Å²) in [6.45, 7) is 4.10. The van der Waals surface area contributed by atoms with Gasteiger partial charge in [0.05, 0.1) is 6.04 Å². The number of carbonyl (C=O) groups is 1. The van der Waals surface area contributed by atoms with Gasteiger partial charge in [0.1, 0.15) is 5.01 Å². The Labute approximate surface area is 139 Å². The van der Waals surface area contributed by atoms with Crippen molar-refractivity contribution in [1.29, 1.82) is 0 Å². The fourth-order valence-electron chi connectivity index (χ4n) is 2.62. The van der Waals surface area contributed by atoms with Crippen molar-refractivity contribution in [1.82, 2.24) is 25.3 Å². The van der Waals surface area contributed by atoms with Gasteiger partial charge in [0.15, 0.2) is 5.69 Å². The van der Waals surface area contributed by atoms with Crippen molar-refractivity contribution in [3.05, 3.63) is 23.0 Å². The van der Waals surface area contributed by atoms with Gasteiger partial charge in [-0.15, -0.1) is 10.2 Å². The average molecular weight is 334 g/mol. The Morgan fingerprint density at radius 3 is 3.22 bits per heavy atom. The van der Waals surface area contributed by atoms with Gasteiger partial charge < -0.3 is 5.32 Å². The summed E-state index contributed by atoms with van der Waals surface area (Å²) in [5, 5.41) is 20.2. The molecule has 1 atom stereocenters. The summed E-state index contributed by atoms with van der Waals surface area (Å²) in [5.74, 6) is -0.231. The highest BCUT2D eigenvalue weighted by atomic mass is 32.1. The van der Waals surface area contributed by atoms with E-state index in [9.17, 15) is 4.79 Å². The van der Waals surface area contributed by atoms with E-state index in [1.807, 2.05) is 10.9 Å². The second kappa shape index (κ2) is 7.65. The predicted octanol–water partition coefficient (Wildman–Crippen LogP) is 2.25. The number of nitrogens with zero attached hydrogens (tertiary/aromatic N) is 4. The lowest BCUT2D eigenvalue weighted by Crippen LogP contribution is -2.32. The maximum absolute atomic E-state index is 12.3. The Hall–Kier alpha value is -1.80. The molecule has 2 aromatic rings. The van der Waals surface area contributed by atoms with Gasteiger partial charge in [-0.1, -0.05) is 24.7 Å². The maximum atomic E-state index is 12.3. The second-order valence-corrected chi connectivity index (χ2v) is 6.80. The number of aromatic nitrogens is 4. The lowest BCUT2D eigenvalue weighted by Gasteiger charge is -2.22. The van der Waals surface area contributed by atoms with E-state index in [2.05, 4.69) is 32.9 Å². The standard InChI is InChI=1S/C15H22N6OS/c1-2-3-6-13-18-19-15(23-13)17-14(22)12-7-9-21(20-12)11-5-4-8-16-10-11/h7,9,11,16H,2-6,8,10H2,1H3,(H,17,19,22). The number of aryl methyl sites for hydroxylation is 1. The van der Waals surface area contributed by atoms with Crippen molar-refractivity contribution in [2.75, 3.05) is 18.4 Å². The zero-order valence-corrected chi connectivity index (χ0v) is 14.1. The molecule has 8 heteroatoms. The van der Waals surface area contributed by atoms with Crippen molar-refractivity contribution in [2.45, 2.75) is 45.1 Å². The first-order valence-corrected chi connectivity index (χ1v) is 8.97. The molecule has 124 valence electrons. The number of unbranched alkanes of at least 4 members (excludes halogenated alkanes) is 1. The number of hydrogen-bond acceptors (Lipinski definition) is 6. The number of hydrogen-bond donors (Lipinski definition) is 2. The molecule has 1 fully saturated rings. The zero-order valence-electron chi connectivity index (χ0n) is 13.3. The van der Waals surface area contributed by atoms with E-state index >= 15 is 0 Å². The fraction of sp³-hybridized carbons (Fsp3) is 0.600. The van der Waals surface area contributed by atoms with Gasteiger partial charge in [0.25, 0.3) is 5.91 Å². The van der Waals surface area contributed by atoms with Gasteiger partial charge in [0, 0.05) is 19.2 Å². The summed E-state index contributed by atoms with van der Waals surface area (Å²) in [6, 6.07) is 2.08. The normalized spacial score (nSPS) is 18.0. The third-order valence-corrected chi connectivity index (χ3v) is 4.82. The molecule has 7 nitrogen and oxygen atoms in total. The van der Waals surface area contributed by atoms with Crippen LogP contribution in [-0.4, -0.2) is 39.0 Å². The van der Waals surface area contributed by atoms with E-state index in [-0.39, 0.29) is 5.91 Å². The quantitative estimate of drug-likeness (QED) is 0.846. The van der Waals surface area contributed by atoms with Crippen LogP contribution in [-0.2, 0) is 6.42 Å². The minimum absolute atomic E-state index is 0.231. The Bertz CT molecular complexity index is 646. The molecule has 2 aromatic heterocycles. The molecular formula is C15H22N6OS.